The van der Waals surface area contributed by atoms with E-state index in [1.54, 1.807) is 23.9 Å². The summed E-state index contributed by atoms with van der Waals surface area (Å²) in [6.07, 6.45) is 0. The number of aryl methyl sites for hydroxylation is 1. The molecule has 0 aliphatic heterocycles. The molecule has 0 fully saturated rings. The van der Waals surface area contributed by atoms with Crippen LogP contribution in [0.4, 0.5) is 0 Å². The van der Waals surface area contributed by atoms with Gasteiger partial charge in [0, 0.05) is 11.1 Å². The Morgan fingerprint density at radius 1 is 1.00 bits per heavy atom. The first-order valence-corrected chi connectivity index (χ1v) is 11.4. The number of aromatic nitrogens is 2. The molecule has 4 aromatic rings. The maximum Gasteiger partial charge on any atom is 0.238 e. The lowest BCUT2D eigenvalue weighted by molar-refractivity contribution is 0.278. The molecule has 3 aromatic carbocycles. The zero-order valence-corrected chi connectivity index (χ0v) is 18.5. The summed E-state index contributed by atoms with van der Waals surface area (Å²) in [6.45, 7) is 1.50. The van der Waals surface area contributed by atoms with Crippen molar-refractivity contribution in [1.29, 1.82) is 0 Å². The fourth-order valence-corrected chi connectivity index (χ4v) is 4.42. The van der Waals surface area contributed by atoms with E-state index in [-0.39, 0.29) is 10.5 Å². The lowest BCUT2D eigenvalue weighted by Gasteiger charge is -2.12. The van der Waals surface area contributed by atoms with Gasteiger partial charge in [-0.2, -0.15) is 5.10 Å². The van der Waals surface area contributed by atoms with Gasteiger partial charge in [0.15, 0.2) is 0 Å². The summed E-state index contributed by atoms with van der Waals surface area (Å²) in [5.74, 6) is 0.781. The topological polar surface area (TPSA) is 107 Å². The van der Waals surface area contributed by atoms with E-state index >= 15 is 0 Å². The number of benzene rings is 3. The molecule has 7 nitrogen and oxygen atoms in total. The molecule has 8 heteroatoms. The molecule has 0 saturated carbocycles. The zero-order chi connectivity index (χ0) is 22.9. The number of aliphatic hydroxyl groups excluding tert-OH is 1. The molecular formula is C24H23N3O4S. The zero-order valence-electron chi connectivity index (χ0n) is 17.7. The predicted octanol–water partition coefficient (Wildman–Crippen LogP) is 3.66. The van der Waals surface area contributed by atoms with E-state index in [1.807, 2.05) is 61.5 Å². The van der Waals surface area contributed by atoms with Gasteiger partial charge in [-0.15, -0.1) is 0 Å². The van der Waals surface area contributed by atoms with Gasteiger partial charge in [0.1, 0.15) is 5.75 Å². The largest absolute Gasteiger partial charge is 0.496 e. The number of hydrogen-bond donors (Lipinski definition) is 2. The van der Waals surface area contributed by atoms with Gasteiger partial charge in [0.25, 0.3) is 0 Å². The maximum atomic E-state index is 11.9. The highest BCUT2D eigenvalue weighted by Crippen LogP contribution is 2.32. The van der Waals surface area contributed by atoms with E-state index < -0.39 is 16.6 Å². The number of ether oxygens (including phenoxy) is 1. The van der Waals surface area contributed by atoms with Crippen molar-refractivity contribution in [3.05, 3.63) is 83.9 Å². The van der Waals surface area contributed by atoms with Gasteiger partial charge < -0.3 is 9.84 Å². The van der Waals surface area contributed by atoms with Gasteiger partial charge in [-0.3, -0.25) is 0 Å². The summed E-state index contributed by atoms with van der Waals surface area (Å²) in [5, 5.41) is 19.8. The molecule has 3 N–H and O–H groups in total. The van der Waals surface area contributed by atoms with Crippen LogP contribution in [-0.4, -0.2) is 30.4 Å². The smallest absolute Gasteiger partial charge is 0.238 e. The van der Waals surface area contributed by atoms with Crippen molar-refractivity contribution in [2.24, 2.45) is 5.14 Å². The Bertz CT molecular complexity index is 1380. The van der Waals surface area contributed by atoms with Gasteiger partial charge >= 0.3 is 0 Å². The first kappa shape index (κ1) is 21.8. The number of primary sulfonamides is 1. The number of nitrogens with zero attached hydrogens (tertiary/aromatic N) is 2. The number of hydrogen-bond acceptors (Lipinski definition) is 5. The van der Waals surface area contributed by atoms with E-state index in [9.17, 15) is 13.5 Å². The van der Waals surface area contributed by atoms with Crippen LogP contribution >= 0.6 is 0 Å². The van der Waals surface area contributed by atoms with Crippen molar-refractivity contribution in [2.75, 3.05) is 7.11 Å². The van der Waals surface area contributed by atoms with Crippen LogP contribution in [0.2, 0.25) is 0 Å². The maximum absolute atomic E-state index is 11.9. The van der Waals surface area contributed by atoms with Crippen LogP contribution in [0.5, 0.6) is 5.75 Å². The predicted molar refractivity (Wildman–Crippen MR) is 123 cm³/mol. The molecule has 0 amide bonds. The Labute approximate surface area is 186 Å². The number of aliphatic hydroxyl groups is 1. The lowest BCUT2D eigenvalue weighted by atomic mass is 10.1. The van der Waals surface area contributed by atoms with Crippen molar-refractivity contribution < 1.29 is 18.3 Å². The summed E-state index contributed by atoms with van der Waals surface area (Å²) in [4.78, 5) is -0.110. The minimum Gasteiger partial charge on any atom is -0.496 e. The normalized spacial score (nSPS) is 11.5. The van der Waals surface area contributed by atoms with E-state index in [1.165, 1.54) is 6.07 Å². The first-order valence-electron chi connectivity index (χ1n) is 9.89. The number of rotatable bonds is 6. The first-order chi connectivity index (χ1) is 15.3. The van der Waals surface area contributed by atoms with Crippen LogP contribution in [-0.2, 0) is 16.6 Å². The third-order valence-electron chi connectivity index (χ3n) is 5.24. The second kappa shape index (κ2) is 8.58. The fourth-order valence-electron chi connectivity index (χ4n) is 3.67. The quantitative estimate of drug-likeness (QED) is 0.467. The van der Waals surface area contributed by atoms with Gasteiger partial charge in [-0.25, -0.2) is 18.2 Å². The fraction of sp³-hybridized carbons (Fsp3) is 0.125. The second-order valence-corrected chi connectivity index (χ2v) is 8.90. The van der Waals surface area contributed by atoms with Gasteiger partial charge in [-0.1, -0.05) is 30.3 Å². The molecule has 1 heterocycles. The highest BCUT2D eigenvalue weighted by Gasteiger charge is 2.18. The van der Waals surface area contributed by atoms with Crippen LogP contribution < -0.4 is 9.88 Å². The van der Waals surface area contributed by atoms with E-state index in [2.05, 4.69) is 0 Å². The summed E-state index contributed by atoms with van der Waals surface area (Å²) < 4.78 is 30.8. The number of sulfonamides is 1. The number of methoxy groups -OCH3 is 1. The molecule has 0 spiro atoms. The summed E-state index contributed by atoms with van der Waals surface area (Å²) in [7, 11) is -2.33. The summed E-state index contributed by atoms with van der Waals surface area (Å²) >= 11 is 0. The minimum atomic E-state index is -3.96. The van der Waals surface area contributed by atoms with Crippen LogP contribution in [0, 0.1) is 6.92 Å². The average molecular weight is 450 g/mol. The Balaban J connectivity index is 1.93. The monoisotopic (exact) mass is 449 g/mol. The molecular weight excluding hydrogens is 426 g/mol. The van der Waals surface area contributed by atoms with E-state index in [0.29, 0.717) is 5.69 Å². The van der Waals surface area contributed by atoms with Crippen molar-refractivity contribution >= 4 is 10.0 Å². The van der Waals surface area contributed by atoms with Crippen molar-refractivity contribution in [2.45, 2.75) is 18.4 Å². The van der Waals surface area contributed by atoms with Crippen LogP contribution in [0.25, 0.3) is 28.2 Å². The van der Waals surface area contributed by atoms with Crippen molar-refractivity contribution in [3.63, 3.8) is 0 Å². The Hall–Kier alpha value is -3.46. The minimum absolute atomic E-state index is 0.110. The second-order valence-electron chi connectivity index (χ2n) is 7.37. The highest BCUT2D eigenvalue weighted by molar-refractivity contribution is 7.89. The van der Waals surface area contributed by atoms with Crippen LogP contribution in [0.3, 0.4) is 0 Å². The molecule has 0 aliphatic rings. The van der Waals surface area contributed by atoms with Crippen LogP contribution in [0.1, 0.15) is 11.1 Å². The summed E-state index contributed by atoms with van der Waals surface area (Å²) in [5.41, 5.74) is 5.21. The van der Waals surface area contributed by atoms with Crippen LogP contribution in [0.15, 0.2) is 77.7 Å². The molecule has 32 heavy (non-hydrogen) atoms. The SMILES string of the molecule is COc1ccc(-c2cc(-c3ccccc3)nn2-c2ccc(S(N)(=O)=O)c(CO)c2)cc1C. The van der Waals surface area contributed by atoms with E-state index in [0.717, 1.165) is 33.8 Å². The third-order valence-corrected chi connectivity index (χ3v) is 6.25. The Morgan fingerprint density at radius 3 is 2.38 bits per heavy atom. The molecule has 0 bridgehead atoms. The molecule has 0 unspecified atom stereocenters. The molecule has 164 valence electrons. The Morgan fingerprint density at radius 2 is 1.75 bits per heavy atom. The van der Waals surface area contributed by atoms with Crippen molar-refractivity contribution in [3.8, 4) is 34.0 Å². The molecule has 0 atom stereocenters. The average Bonchev–Trinajstić information content (AvgIpc) is 3.24. The number of nitrogens with two attached hydrogens (primary N) is 1. The third kappa shape index (κ3) is 4.16. The summed E-state index contributed by atoms with van der Waals surface area (Å²) in [6, 6.07) is 22.2. The standard InChI is InChI=1S/C24H23N3O4S/c1-16-12-18(8-10-23(16)31-2)22-14-21(17-6-4-3-5-7-17)26-27(22)20-9-11-24(32(25,29)30)19(13-20)15-28/h3-14,28H,15H2,1-2H3,(H2,25,29,30). The molecule has 1 aromatic heterocycles. The van der Waals surface area contributed by atoms with E-state index in [4.69, 9.17) is 15.0 Å². The van der Waals surface area contributed by atoms with Gasteiger partial charge in [-0.05, 0) is 60.5 Å². The molecule has 0 aliphatic carbocycles. The molecule has 0 radical (unpaired) electrons. The van der Waals surface area contributed by atoms with Gasteiger partial charge in [0.2, 0.25) is 10.0 Å². The van der Waals surface area contributed by atoms with Gasteiger partial charge in [0.05, 0.1) is 35.7 Å². The Kier molecular flexibility index (Phi) is 5.84. The lowest BCUT2D eigenvalue weighted by Crippen LogP contribution is -2.15. The molecule has 0 saturated heterocycles. The van der Waals surface area contributed by atoms with Crippen molar-refractivity contribution in [1.82, 2.24) is 9.78 Å². The highest BCUT2D eigenvalue weighted by atomic mass is 32.2. The molecule has 4 rings (SSSR count).